The maximum Gasteiger partial charge on any atom is 0.410 e. The van der Waals surface area contributed by atoms with Crippen molar-refractivity contribution in [1.29, 1.82) is 0 Å². The van der Waals surface area contributed by atoms with Crippen molar-refractivity contribution >= 4 is 29.7 Å². The minimum absolute atomic E-state index is 0.153. The molecular formula is C30H46FN7O5. The number of imide groups is 1. The van der Waals surface area contributed by atoms with Crippen LogP contribution in [0.3, 0.4) is 0 Å². The number of halogens is 1. The van der Waals surface area contributed by atoms with Gasteiger partial charge in [-0.1, -0.05) is 13.2 Å². The zero-order valence-electron chi connectivity index (χ0n) is 26.7. The van der Waals surface area contributed by atoms with E-state index in [2.05, 4.69) is 23.4 Å². The molecule has 0 aliphatic carbocycles. The molecule has 13 heteroatoms. The lowest BCUT2D eigenvalue weighted by Gasteiger charge is -2.46. The van der Waals surface area contributed by atoms with Crippen LogP contribution >= 0.6 is 0 Å². The molecule has 0 radical (unpaired) electrons. The second-order valence-corrected chi connectivity index (χ2v) is 12.4. The molecule has 0 bridgehead atoms. The zero-order chi connectivity index (χ0) is 32.4. The van der Waals surface area contributed by atoms with E-state index in [-0.39, 0.29) is 42.9 Å². The molecule has 3 heterocycles. The van der Waals surface area contributed by atoms with Gasteiger partial charge in [0.2, 0.25) is 11.8 Å². The van der Waals surface area contributed by atoms with Gasteiger partial charge in [0.1, 0.15) is 17.5 Å². The van der Waals surface area contributed by atoms with Gasteiger partial charge in [-0.3, -0.25) is 28.9 Å². The lowest BCUT2D eigenvalue weighted by Crippen LogP contribution is -2.58. The molecule has 238 valence electrons. The Kier molecular flexibility index (Phi) is 10.3. The Hall–Kier alpha value is -3.87. The Morgan fingerprint density at radius 2 is 1.77 bits per heavy atom. The first kappa shape index (κ1) is 33.6. The molecule has 1 unspecified atom stereocenters. The van der Waals surface area contributed by atoms with E-state index in [1.54, 1.807) is 34.7 Å². The highest BCUT2D eigenvalue weighted by atomic mass is 19.1. The van der Waals surface area contributed by atoms with Crippen molar-refractivity contribution in [3.05, 3.63) is 46.6 Å². The van der Waals surface area contributed by atoms with E-state index >= 15 is 0 Å². The summed E-state index contributed by atoms with van der Waals surface area (Å²) in [6.45, 7) is 17.5. The standard InChI is InChI=1S/C30H46FN7O5/c1-11-23-26(36(10)28(41)38(23)24-12-13-25(39)32-27(24)40)20(3)33(7)14-15-34(8)21-16-37(17-21)19(2)22(31)18-35(9)29(42)43-30(4,5)6/h11,21,24H,1,3,12-18H2,2,4-10H3,(H,32,39,40)/b22-19-. The van der Waals surface area contributed by atoms with Crippen LogP contribution in [0, 0.1) is 0 Å². The second-order valence-electron chi connectivity index (χ2n) is 12.4. The number of likely N-dealkylation sites (tertiary alicyclic amines) is 1. The Bertz CT molecular complexity index is 1370. The Morgan fingerprint density at radius 1 is 1.14 bits per heavy atom. The average molecular weight is 604 g/mol. The number of ether oxygens (including phenoxy) is 1. The first-order chi connectivity index (χ1) is 20.0. The Balaban J connectivity index is 1.58. The van der Waals surface area contributed by atoms with Crippen LogP contribution in [0.2, 0.25) is 0 Å². The van der Waals surface area contributed by atoms with Crippen molar-refractivity contribution in [3.63, 3.8) is 0 Å². The van der Waals surface area contributed by atoms with Gasteiger partial charge in [0.05, 0.1) is 23.6 Å². The van der Waals surface area contributed by atoms with Crippen molar-refractivity contribution < 1.29 is 23.5 Å². The molecule has 1 aromatic rings. The highest BCUT2D eigenvalue weighted by Gasteiger charge is 2.34. The molecule has 2 fully saturated rings. The van der Waals surface area contributed by atoms with E-state index in [1.807, 2.05) is 23.9 Å². The number of piperidine rings is 1. The monoisotopic (exact) mass is 603 g/mol. The molecule has 2 aliphatic rings. The summed E-state index contributed by atoms with van der Waals surface area (Å²) in [6, 6.07) is -0.585. The van der Waals surface area contributed by atoms with Crippen LogP contribution in [0.25, 0.3) is 11.8 Å². The predicted octanol–water partition coefficient (Wildman–Crippen LogP) is 2.39. The van der Waals surface area contributed by atoms with E-state index in [1.165, 1.54) is 27.2 Å². The van der Waals surface area contributed by atoms with Crippen LogP contribution in [-0.4, -0.2) is 112 Å². The van der Waals surface area contributed by atoms with E-state index in [0.717, 1.165) is 0 Å². The molecule has 2 aliphatic heterocycles. The molecule has 1 aromatic heterocycles. The fourth-order valence-electron chi connectivity index (χ4n) is 5.12. The second kappa shape index (κ2) is 13.2. The van der Waals surface area contributed by atoms with Gasteiger partial charge in [-0.2, -0.15) is 0 Å². The van der Waals surface area contributed by atoms with Gasteiger partial charge in [0.25, 0.3) is 0 Å². The molecule has 2 saturated heterocycles. The van der Waals surface area contributed by atoms with E-state index in [9.17, 15) is 23.6 Å². The van der Waals surface area contributed by atoms with Gasteiger partial charge >= 0.3 is 11.8 Å². The minimum Gasteiger partial charge on any atom is -0.444 e. The fraction of sp³-hybridized carbons (Fsp3) is 0.600. The highest BCUT2D eigenvalue weighted by molar-refractivity contribution is 5.99. The van der Waals surface area contributed by atoms with Gasteiger partial charge < -0.3 is 19.4 Å². The number of amides is 3. The molecule has 1 N–H and O–H groups in total. The van der Waals surface area contributed by atoms with Crippen molar-refractivity contribution in [2.24, 2.45) is 7.05 Å². The summed E-state index contributed by atoms with van der Waals surface area (Å²) in [5.41, 5.74) is 1.10. The van der Waals surface area contributed by atoms with Crippen molar-refractivity contribution in [3.8, 4) is 0 Å². The SMILES string of the molecule is C=Cc1c(C(=C)N(C)CCN(C)C2CN(/C(C)=C(\F)CN(C)C(=O)OC(C)(C)C)C2)n(C)c(=O)n1C1CCC(=O)NC1=O. The topological polar surface area (TPSA) is 112 Å². The first-order valence-corrected chi connectivity index (χ1v) is 14.4. The largest absolute Gasteiger partial charge is 0.444 e. The molecule has 0 saturated carbocycles. The lowest BCUT2D eigenvalue weighted by molar-refractivity contribution is -0.135. The van der Waals surface area contributed by atoms with Crippen LogP contribution < -0.4 is 11.0 Å². The van der Waals surface area contributed by atoms with Crippen LogP contribution in [0.1, 0.15) is 58.0 Å². The van der Waals surface area contributed by atoms with Crippen molar-refractivity contribution in [2.45, 2.75) is 58.2 Å². The number of carbonyl (C=O) groups is 3. The number of aromatic nitrogens is 2. The number of rotatable bonds is 11. The average Bonchev–Trinajstić information content (AvgIpc) is 3.14. The minimum atomic E-state index is -0.802. The maximum absolute atomic E-state index is 14.9. The molecule has 0 aromatic carbocycles. The van der Waals surface area contributed by atoms with Crippen LogP contribution in [0.15, 0.2) is 29.5 Å². The van der Waals surface area contributed by atoms with E-state index in [0.29, 0.717) is 49.0 Å². The number of likely N-dealkylation sites (N-methyl/N-ethyl adjacent to an activating group) is 3. The highest BCUT2D eigenvalue weighted by Crippen LogP contribution is 2.27. The summed E-state index contributed by atoms with van der Waals surface area (Å²) in [6.07, 6.45) is 1.35. The quantitative estimate of drug-likeness (QED) is 0.384. The number of nitrogens with zero attached hydrogens (tertiary/aromatic N) is 6. The van der Waals surface area contributed by atoms with E-state index < -0.39 is 23.6 Å². The van der Waals surface area contributed by atoms with Gasteiger partial charge in [0.15, 0.2) is 0 Å². The van der Waals surface area contributed by atoms with Gasteiger partial charge in [-0.15, -0.1) is 0 Å². The Morgan fingerprint density at radius 3 is 2.33 bits per heavy atom. The van der Waals surface area contributed by atoms with E-state index in [4.69, 9.17) is 4.74 Å². The predicted molar refractivity (Wildman–Crippen MR) is 164 cm³/mol. The van der Waals surface area contributed by atoms with Crippen LogP contribution in [-0.2, 0) is 21.4 Å². The van der Waals surface area contributed by atoms with Gasteiger partial charge in [-0.05, 0) is 47.2 Å². The number of imidazole rings is 1. The smallest absolute Gasteiger partial charge is 0.410 e. The number of hydrogen-bond acceptors (Lipinski definition) is 8. The Labute approximate surface area is 253 Å². The number of hydrogen-bond donors (Lipinski definition) is 1. The summed E-state index contributed by atoms with van der Waals surface area (Å²) in [7, 11) is 7.03. The molecule has 43 heavy (non-hydrogen) atoms. The molecular weight excluding hydrogens is 557 g/mol. The molecule has 0 spiro atoms. The third-order valence-electron chi connectivity index (χ3n) is 8.00. The third kappa shape index (κ3) is 7.56. The third-order valence-corrected chi connectivity index (χ3v) is 8.00. The molecule has 3 amide bonds. The zero-order valence-corrected chi connectivity index (χ0v) is 26.7. The summed E-state index contributed by atoms with van der Waals surface area (Å²) in [4.78, 5) is 56.8. The molecule has 12 nitrogen and oxygen atoms in total. The number of nitrogens with one attached hydrogen (secondary N) is 1. The fourth-order valence-corrected chi connectivity index (χ4v) is 5.12. The summed E-state index contributed by atoms with van der Waals surface area (Å²) < 4.78 is 23.1. The summed E-state index contributed by atoms with van der Waals surface area (Å²) >= 11 is 0. The van der Waals surface area contributed by atoms with Crippen molar-refractivity contribution in [1.82, 2.24) is 34.1 Å². The number of allylic oxidation sites excluding steroid dienone is 1. The van der Waals surface area contributed by atoms with Gasteiger partial charge in [-0.25, -0.2) is 14.0 Å². The van der Waals surface area contributed by atoms with Gasteiger partial charge in [0, 0.05) is 65.5 Å². The summed E-state index contributed by atoms with van der Waals surface area (Å²) in [5.74, 6) is -1.23. The first-order valence-electron chi connectivity index (χ1n) is 14.4. The van der Waals surface area contributed by atoms with Crippen LogP contribution in [0.4, 0.5) is 9.18 Å². The molecule has 3 rings (SSSR count). The van der Waals surface area contributed by atoms with Crippen LogP contribution in [0.5, 0.6) is 0 Å². The lowest BCUT2D eigenvalue weighted by atomic mass is 10.1. The maximum atomic E-state index is 14.9. The van der Waals surface area contributed by atoms with Crippen molar-refractivity contribution in [2.75, 3.05) is 53.9 Å². The summed E-state index contributed by atoms with van der Waals surface area (Å²) in [5, 5.41) is 2.31. The molecule has 1 atom stereocenters. The normalized spacial score (nSPS) is 18.2. The number of carbonyl (C=O) groups excluding carboxylic acids is 3.